The quantitative estimate of drug-likeness (QED) is 0.823. The molecule has 0 aromatic carbocycles. The van der Waals surface area contributed by atoms with Crippen molar-refractivity contribution in [2.24, 2.45) is 5.92 Å². The molecule has 2 aliphatic rings. The first-order valence-corrected chi connectivity index (χ1v) is 8.86. The third kappa shape index (κ3) is 3.96. The third-order valence-electron chi connectivity index (χ3n) is 5.08. The fourth-order valence-corrected chi connectivity index (χ4v) is 3.92. The lowest BCUT2D eigenvalue weighted by Gasteiger charge is -2.45. The molecule has 1 aromatic heterocycles. The van der Waals surface area contributed by atoms with Gasteiger partial charge < -0.3 is 19.5 Å². The Balaban J connectivity index is 1.72. The molecule has 1 aromatic rings. The maximum atomic E-state index is 9.27. The molecule has 2 aliphatic heterocycles. The molecule has 0 saturated carbocycles. The van der Waals surface area contributed by atoms with Crippen molar-refractivity contribution >= 4 is 5.82 Å². The molecule has 3 heterocycles. The minimum atomic E-state index is 0.251. The highest BCUT2D eigenvalue weighted by atomic mass is 16.5. The lowest BCUT2D eigenvalue weighted by atomic mass is 9.87. The maximum absolute atomic E-state index is 9.27. The largest absolute Gasteiger partial charge is 0.478 e. The summed E-state index contributed by atoms with van der Waals surface area (Å²) in [5, 5.41) is 9.27. The van der Waals surface area contributed by atoms with Crippen molar-refractivity contribution in [1.82, 2.24) is 14.9 Å². The molecule has 2 saturated heterocycles. The fourth-order valence-electron chi connectivity index (χ4n) is 3.92. The molecule has 0 aliphatic carbocycles. The summed E-state index contributed by atoms with van der Waals surface area (Å²) in [5.41, 5.74) is 0. The Hall–Kier alpha value is -1.44. The lowest BCUT2D eigenvalue weighted by molar-refractivity contribution is -0.00418. The minimum absolute atomic E-state index is 0.251. The number of piperidine rings is 1. The molecule has 2 atom stereocenters. The van der Waals surface area contributed by atoms with Gasteiger partial charge in [-0.1, -0.05) is 0 Å². The summed E-state index contributed by atoms with van der Waals surface area (Å²) in [6, 6.07) is 0.555. The number of aliphatic hydroxyl groups excluding tert-OH is 1. The van der Waals surface area contributed by atoms with E-state index in [1.54, 1.807) is 19.5 Å². The molecule has 3 rings (SSSR count). The van der Waals surface area contributed by atoms with E-state index in [-0.39, 0.29) is 6.61 Å². The topological polar surface area (TPSA) is 71.0 Å². The number of rotatable bonds is 6. The smallest absolute Gasteiger partial charge is 0.257 e. The Morgan fingerprint density at radius 1 is 1.25 bits per heavy atom. The van der Waals surface area contributed by atoms with Gasteiger partial charge in [-0.2, -0.15) is 0 Å². The summed E-state index contributed by atoms with van der Waals surface area (Å²) < 4.78 is 10.9. The van der Waals surface area contributed by atoms with Gasteiger partial charge in [0, 0.05) is 51.2 Å². The van der Waals surface area contributed by atoms with Crippen LogP contribution in [-0.4, -0.2) is 79.1 Å². The molecule has 0 amide bonds. The van der Waals surface area contributed by atoms with E-state index in [0.29, 0.717) is 17.8 Å². The number of hydrogen-bond acceptors (Lipinski definition) is 7. The Kier molecular flexibility index (Phi) is 6.23. The zero-order chi connectivity index (χ0) is 16.8. The Labute approximate surface area is 143 Å². The van der Waals surface area contributed by atoms with Crippen molar-refractivity contribution in [1.29, 1.82) is 0 Å². The van der Waals surface area contributed by atoms with Crippen LogP contribution in [-0.2, 0) is 4.74 Å². The fraction of sp³-hybridized carbons (Fsp3) is 0.765. The molecule has 0 radical (unpaired) electrons. The van der Waals surface area contributed by atoms with E-state index in [9.17, 15) is 5.11 Å². The number of ether oxygens (including phenoxy) is 2. The van der Waals surface area contributed by atoms with Crippen LogP contribution in [0.3, 0.4) is 0 Å². The third-order valence-corrected chi connectivity index (χ3v) is 5.08. The SMILES string of the molecule is COc1nccnc1N1CC[C@H](N2CCOCC2)[C@H](CCCO)C1. The van der Waals surface area contributed by atoms with Gasteiger partial charge in [0.05, 0.1) is 20.3 Å². The standard InChI is InChI=1S/C17H28N4O3/c1-23-17-16(18-5-6-19-17)21-7-4-15(14(13-21)3-2-10-22)20-8-11-24-12-9-20/h5-6,14-15,22H,2-4,7-13H2,1H3/t14-,15+/m1/s1. The number of methoxy groups -OCH3 is 1. The maximum Gasteiger partial charge on any atom is 0.257 e. The van der Waals surface area contributed by atoms with Crippen molar-refractivity contribution in [2.75, 3.05) is 58.0 Å². The summed E-state index contributed by atoms with van der Waals surface area (Å²) in [6.45, 7) is 5.80. The van der Waals surface area contributed by atoms with E-state index in [4.69, 9.17) is 9.47 Å². The second-order valence-electron chi connectivity index (χ2n) is 6.47. The van der Waals surface area contributed by atoms with Crippen molar-refractivity contribution in [3.05, 3.63) is 12.4 Å². The van der Waals surface area contributed by atoms with Gasteiger partial charge in [0.2, 0.25) is 0 Å². The number of hydrogen-bond donors (Lipinski definition) is 1. The predicted octanol–water partition coefficient (Wildman–Crippen LogP) is 0.785. The van der Waals surface area contributed by atoms with Gasteiger partial charge in [-0.3, -0.25) is 4.90 Å². The van der Waals surface area contributed by atoms with E-state index in [0.717, 1.165) is 64.5 Å². The Morgan fingerprint density at radius 3 is 2.79 bits per heavy atom. The summed E-state index contributed by atoms with van der Waals surface area (Å²) in [6.07, 6.45) is 6.34. The van der Waals surface area contributed by atoms with Crippen molar-refractivity contribution in [3.8, 4) is 5.88 Å². The number of aromatic nitrogens is 2. The van der Waals surface area contributed by atoms with Gasteiger partial charge in [-0.15, -0.1) is 0 Å². The van der Waals surface area contributed by atoms with Crippen molar-refractivity contribution < 1.29 is 14.6 Å². The predicted molar refractivity (Wildman–Crippen MR) is 91.4 cm³/mol. The van der Waals surface area contributed by atoms with Crippen LogP contribution in [0.15, 0.2) is 12.4 Å². The number of nitrogens with zero attached hydrogens (tertiary/aromatic N) is 4. The van der Waals surface area contributed by atoms with Crippen LogP contribution in [0.5, 0.6) is 5.88 Å². The molecule has 7 nitrogen and oxygen atoms in total. The molecule has 0 spiro atoms. The monoisotopic (exact) mass is 336 g/mol. The highest BCUT2D eigenvalue weighted by molar-refractivity contribution is 5.48. The number of morpholine rings is 1. The van der Waals surface area contributed by atoms with Gasteiger partial charge in [-0.25, -0.2) is 9.97 Å². The minimum Gasteiger partial charge on any atom is -0.478 e. The van der Waals surface area contributed by atoms with Gasteiger partial charge in [0.1, 0.15) is 0 Å². The van der Waals surface area contributed by atoms with E-state index in [2.05, 4.69) is 19.8 Å². The van der Waals surface area contributed by atoms with Crippen molar-refractivity contribution in [3.63, 3.8) is 0 Å². The molecular weight excluding hydrogens is 308 g/mol. The highest BCUT2D eigenvalue weighted by Gasteiger charge is 2.34. The highest BCUT2D eigenvalue weighted by Crippen LogP contribution is 2.32. The van der Waals surface area contributed by atoms with Crippen LogP contribution in [0.4, 0.5) is 5.82 Å². The normalized spacial score (nSPS) is 25.7. The van der Waals surface area contributed by atoms with Crippen LogP contribution in [0.2, 0.25) is 0 Å². The molecule has 1 N–H and O–H groups in total. The zero-order valence-electron chi connectivity index (χ0n) is 14.4. The first kappa shape index (κ1) is 17.4. The average molecular weight is 336 g/mol. The van der Waals surface area contributed by atoms with Gasteiger partial charge in [-0.05, 0) is 25.2 Å². The molecule has 134 valence electrons. The van der Waals surface area contributed by atoms with Crippen molar-refractivity contribution in [2.45, 2.75) is 25.3 Å². The van der Waals surface area contributed by atoms with E-state index in [1.165, 1.54) is 0 Å². The molecular formula is C17H28N4O3. The second kappa shape index (κ2) is 8.60. The van der Waals surface area contributed by atoms with Crippen LogP contribution >= 0.6 is 0 Å². The average Bonchev–Trinajstić information content (AvgIpc) is 2.66. The summed E-state index contributed by atoms with van der Waals surface area (Å²) >= 11 is 0. The summed E-state index contributed by atoms with van der Waals surface area (Å²) in [4.78, 5) is 13.6. The second-order valence-corrected chi connectivity index (χ2v) is 6.47. The first-order valence-electron chi connectivity index (χ1n) is 8.86. The van der Waals surface area contributed by atoms with Crippen LogP contribution in [0.1, 0.15) is 19.3 Å². The molecule has 2 fully saturated rings. The van der Waals surface area contributed by atoms with Crippen LogP contribution in [0, 0.1) is 5.92 Å². The van der Waals surface area contributed by atoms with E-state index >= 15 is 0 Å². The number of aliphatic hydroxyl groups is 1. The van der Waals surface area contributed by atoms with Gasteiger partial charge in [0.15, 0.2) is 5.82 Å². The molecule has 24 heavy (non-hydrogen) atoms. The Morgan fingerprint density at radius 2 is 2.04 bits per heavy atom. The van der Waals surface area contributed by atoms with E-state index in [1.807, 2.05) is 0 Å². The summed E-state index contributed by atoms with van der Waals surface area (Å²) in [5.74, 6) is 1.92. The first-order chi connectivity index (χ1) is 11.8. The Bertz CT molecular complexity index is 510. The molecule has 0 bridgehead atoms. The lowest BCUT2D eigenvalue weighted by Crippen LogP contribution is -2.54. The van der Waals surface area contributed by atoms with Crippen LogP contribution in [0.25, 0.3) is 0 Å². The zero-order valence-corrected chi connectivity index (χ0v) is 14.4. The molecule has 0 unspecified atom stereocenters. The summed E-state index contributed by atoms with van der Waals surface area (Å²) in [7, 11) is 1.64. The van der Waals surface area contributed by atoms with Gasteiger partial charge in [0.25, 0.3) is 5.88 Å². The molecule has 7 heteroatoms. The number of anilines is 1. The van der Waals surface area contributed by atoms with E-state index < -0.39 is 0 Å². The van der Waals surface area contributed by atoms with Crippen LogP contribution < -0.4 is 9.64 Å². The van der Waals surface area contributed by atoms with Gasteiger partial charge >= 0.3 is 0 Å².